The zero-order valence-electron chi connectivity index (χ0n) is 6.29. The summed E-state index contributed by atoms with van der Waals surface area (Å²) in [6.07, 6.45) is 1.66. The van der Waals surface area contributed by atoms with E-state index in [-0.39, 0.29) is 18.2 Å². The van der Waals surface area contributed by atoms with Gasteiger partial charge in [-0.05, 0) is 19.8 Å². The van der Waals surface area contributed by atoms with E-state index in [2.05, 4.69) is 4.74 Å². The maximum Gasteiger partial charge on any atom is 0.334 e. The fraction of sp³-hybridized carbons (Fsp3) is 0.857. The highest BCUT2D eigenvalue weighted by atomic mass is 16.6. The number of carbonyl (C=O) groups excluding carboxylic acids is 1. The summed E-state index contributed by atoms with van der Waals surface area (Å²) >= 11 is 0. The first-order valence-corrected chi connectivity index (χ1v) is 3.47. The van der Waals surface area contributed by atoms with E-state index in [1.807, 2.05) is 6.92 Å². The van der Waals surface area contributed by atoms with Crippen LogP contribution < -0.4 is 0 Å². The Labute approximate surface area is 60.3 Å². The summed E-state index contributed by atoms with van der Waals surface area (Å²) in [7, 11) is 1.38. The molecule has 10 heavy (non-hydrogen) atoms. The smallest absolute Gasteiger partial charge is 0.334 e. The number of carbonyl (C=O) groups is 1. The van der Waals surface area contributed by atoms with E-state index < -0.39 is 0 Å². The van der Waals surface area contributed by atoms with Gasteiger partial charge in [-0.2, -0.15) is 0 Å². The maximum absolute atomic E-state index is 10.8. The van der Waals surface area contributed by atoms with Crippen LogP contribution >= 0.6 is 0 Å². The van der Waals surface area contributed by atoms with Gasteiger partial charge in [0.2, 0.25) is 0 Å². The minimum atomic E-state index is -0.306. The molecule has 1 saturated heterocycles. The molecule has 1 fully saturated rings. The van der Waals surface area contributed by atoms with Gasteiger partial charge in [-0.15, -0.1) is 0 Å². The second-order valence-corrected chi connectivity index (χ2v) is 2.54. The van der Waals surface area contributed by atoms with Gasteiger partial charge in [0, 0.05) is 0 Å². The normalized spacial score (nSPS) is 32.2. The molecule has 58 valence electrons. The molecular weight excluding hydrogens is 132 g/mol. The Morgan fingerprint density at radius 1 is 1.60 bits per heavy atom. The van der Waals surface area contributed by atoms with Crippen LogP contribution in [0.2, 0.25) is 0 Å². The molecule has 0 N–H and O–H groups in total. The Balaban J connectivity index is 2.37. The Morgan fingerprint density at radius 2 is 2.30 bits per heavy atom. The van der Waals surface area contributed by atoms with Crippen molar-refractivity contribution in [3.63, 3.8) is 0 Å². The summed E-state index contributed by atoms with van der Waals surface area (Å²) in [5, 5.41) is 0. The average molecular weight is 144 g/mol. The Bertz CT molecular complexity index is 133. The third-order valence-corrected chi connectivity index (χ3v) is 1.70. The van der Waals surface area contributed by atoms with Gasteiger partial charge in [-0.1, -0.05) is 0 Å². The highest BCUT2D eigenvalue weighted by molar-refractivity contribution is 5.74. The lowest BCUT2D eigenvalue weighted by atomic mass is 10.2. The highest BCUT2D eigenvalue weighted by Crippen LogP contribution is 2.19. The first kappa shape index (κ1) is 7.54. The van der Waals surface area contributed by atoms with Gasteiger partial charge < -0.3 is 9.47 Å². The van der Waals surface area contributed by atoms with Gasteiger partial charge in [-0.25, -0.2) is 4.79 Å². The predicted molar refractivity (Wildman–Crippen MR) is 35.6 cm³/mol. The molecule has 0 aromatic heterocycles. The molecule has 0 amide bonds. The zero-order valence-corrected chi connectivity index (χ0v) is 6.29. The lowest BCUT2D eigenvalue weighted by molar-refractivity contribution is -0.152. The van der Waals surface area contributed by atoms with Crippen molar-refractivity contribution in [1.29, 1.82) is 0 Å². The van der Waals surface area contributed by atoms with E-state index in [0.29, 0.717) is 0 Å². The lowest BCUT2D eigenvalue weighted by Crippen LogP contribution is -2.21. The fourth-order valence-corrected chi connectivity index (χ4v) is 1.11. The molecule has 2 unspecified atom stereocenters. The summed E-state index contributed by atoms with van der Waals surface area (Å²) in [5.74, 6) is -0.246. The number of hydrogen-bond donors (Lipinski definition) is 0. The predicted octanol–water partition coefficient (Wildman–Crippen LogP) is 0.727. The van der Waals surface area contributed by atoms with E-state index in [0.717, 1.165) is 12.8 Å². The minimum Gasteiger partial charge on any atom is -0.467 e. The van der Waals surface area contributed by atoms with E-state index in [4.69, 9.17) is 4.74 Å². The van der Waals surface area contributed by atoms with Gasteiger partial charge in [0.05, 0.1) is 13.2 Å². The molecule has 0 saturated carbocycles. The molecule has 1 aliphatic rings. The first-order valence-electron chi connectivity index (χ1n) is 3.47. The van der Waals surface area contributed by atoms with E-state index in [1.54, 1.807) is 0 Å². The lowest BCUT2D eigenvalue weighted by Gasteiger charge is -2.06. The van der Waals surface area contributed by atoms with Crippen LogP contribution in [0.4, 0.5) is 0 Å². The van der Waals surface area contributed by atoms with Gasteiger partial charge in [0.25, 0.3) is 0 Å². The third-order valence-electron chi connectivity index (χ3n) is 1.70. The molecule has 1 rings (SSSR count). The average Bonchev–Trinajstić information content (AvgIpc) is 2.34. The highest BCUT2D eigenvalue weighted by Gasteiger charge is 2.28. The number of esters is 1. The van der Waals surface area contributed by atoms with Crippen LogP contribution in [-0.2, 0) is 14.3 Å². The molecule has 1 aliphatic heterocycles. The molecule has 3 heteroatoms. The van der Waals surface area contributed by atoms with Crippen molar-refractivity contribution in [1.82, 2.24) is 0 Å². The molecule has 0 spiro atoms. The maximum atomic E-state index is 10.8. The molecular formula is C7H12O3. The van der Waals surface area contributed by atoms with Gasteiger partial charge in [-0.3, -0.25) is 0 Å². The summed E-state index contributed by atoms with van der Waals surface area (Å²) in [6, 6.07) is 0. The van der Waals surface area contributed by atoms with Crippen molar-refractivity contribution >= 4 is 5.97 Å². The standard InChI is InChI=1S/C7H12O3/c1-5-3-4-6(10-5)7(8)9-2/h5-6H,3-4H2,1-2H3. The molecule has 0 aromatic rings. The van der Waals surface area contributed by atoms with E-state index in [9.17, 15) is 4.79 Å². The molecule has 2 atom stereocenters. The summed E-state index contributed by atoms with van der Waals surface area (Å²) in [5.41, 5.74) is 0. The van der Waals surface area contributed by atoms with Crippen molar-refractivity contribution in [2.75, 3.05) is 7.11 Å². The van der Waals surface area contributed by atoms with E-state index >= 15 is 0 Å². The molecule has 0 radical (unpaired) electrons. The topological polar surface area (TPSA) is 35.5 Å². The largest absolute Gasteiger partial charge is 0.467 e. The SMILES string of the molecule is COC(=O)C1CCC(C)O1. The first-order chi connectivity index (χ1) is 4.74. The van der Waals surface area contributed by atoms with Crippen LogP contribution in [0.3, 0.4) is 0 Å². The van der Waals surface area contributed by atoms with Crippen LogP contribution in [0.5, 0.6) is 0 Å². The van der Waals surface area contributed by atoms with Gasteiger partial charge in [0.1, 0.15) is 0 Å². The number of ether oxygens (including phenoxy) is 2. The molecule has 3 nitrogen and oxygen atoms in total. The van der Waals surface area contributed by atoms with Gasteiger partial charge in [0.15, 0.2) is 6.10 Å². The second-order valence-electron chi connectivity index (χ2n) is 2.54. The summed E-state index contributed by atoms with van der Waals surface area (Å²) < 4.78 is 9.76. The van der Waals surface area contributed by atoms with Crippen LogP contribution in [-0.4, -0.2) is 25.3 Å². The fourth-order valence-electron chi connectivity index (χ4n) is 1.11. The molecule has 0 bridgehead atoms. The van der Waals surface area contributed by atoms with Crippen molar-refractivity contribution < 1.29 is 14.3 Å². The summed E-state index contributed by atoms with van der Waals surface area (Å²) in [6.45, 7) is 1.96. The zero-order chi connectivity index (χ0) is 7.56. The number of methoxy groups -OCH3 is 1. The van der Waals surface area contributed by atoms with E-state index in [1.165, 1.54) is 7.11 Å². The van der Waals surface area contributed by atoms with Crippen molar-refractivity contribution in [3.05, 3.63) is 0 Å². The Kier molecular flexibility index (Phi) is 2.27. The van der Waals surface area contributed by atoms with Crippen LogP contribution in [0.1, 0.15) is 19.8 Å². The molecule has 0 aromatic carbocycles. The summed E-state index contributed by atoms with van der Waals surface area (Å²) in [4.78, 5) is 10.8. The number of hydrogen-bond acceptors (Lipinski definition) is 3. The van der Waals surface area contributed by atoms with Gasteiger partial charge >= 0.3 is 5.97 Å². The van der Waals surface area contributed by atoms with Crippen LogP contribution in [0.15, 0.2) is 0 Å². The molecule has 0 aliphatic carbocycles. The van der Waals surface area contributed by atoms with Crippen LogP contribution in [0, 0.1) is 0 Å². The van der Waals surface area contributed by atoms with Crippen molar-refractivity contribution in [3.8, 4) is 0 Å². The third kappa shape index (κ3) is 1.48. The van der Waals surface area contributed by atoms with Crippen LogP contribution in [0.25, 0.3) is 0 Å². The monoisotopic (exact) mass is 144 g/mol. The molecule has 1 heterocycles. The quantitative estimate of drug-likeness (QED) is 0.509. The number of rotatable bonds is 1. The van der Waals surface area contributed by atoms with Crippen molar-refractivity contribution in [2.45, 2.75) is 32.0 Å². The second kappa shape index (κ2) is 3.01. The Hall–Kier alpha value is -0.570. The van der Waals surface area contributed by atoms with Crippen molar-refractivity contribution in [2.24, 2.45) is 0 Å². The minimum absolute atomic E-state index is 0.212. The Morgan fingerprint density at radius 3 is 2.70 bits per heavy atom.